The molecule has 4 nitrogen and oxygen atoms in total. The Kier molecular flexibility index (Phi) is 2.88. The van der Waals surface area contributed by atoms with E-state index in [1.807, 2.05) is 6.92 Å². The molecule has 2 N–H and O–H groups in total. The van der Waals surface area contributed by atoms with Crippen LogP contribution in [-0.4, -0.2) is 10.2 Å². The van der Waals surface area contributed by atoms with Crippen LogP contribution >= 0.6 is 0 Å². The van der Waals surface area contributed by atoms with E-state index in [0.29, 0.717) is 11.8 Å². The van der Waals surface area contributed by atoms with Crippen molar-refractivity contribution >= 4 is 0 Å². The second-order valence-corrected chi connectivity index (χ2v) is 4.98. The van der Waals surface area contributed by atoms with Crippen molar-refractivity contribution in [3.63, 3.8) is 0 Å². The highest BCUT2D eigenvalue weighted by Crippen LogP contribution is 2.32. The Morgan fingerprint density at radius 1 is 1.28 bits per heavy atom. The van der Waals surface area contributed by atoms with Crippen LogP contribution in [0.1, 0.15) is 48.2 Å². The Bertz CT molecular complexity index is 547. The van der Waals surface area contributed by atoms with Gasteiger partial charge in [-0.05, 0) is 37.3 Å². The summed E-state index contributed by atoms with van der Waals surface area (Å²) in [6.45, 7) is 1.85. The molecule has 2 atom stereocenters. The molecule has 0 bridgehead atoms. The van der Waals surface area contributed by atoms with Gasteiger partial charge in [0.2, 0.25) is 11.8 Å². The van der Waals surface area contributed by atoms with Gasteiger partial charge in [-0.1, -0.05) is 24.3 Å². The summed E-state index contributed by atoms with van der Waals surface area (Å²) < 4.78 is 5.65. The average molecular weight is 243 g/mol. The maximum atomic E-state index is 5.74. The lowest BCUT2D eigenvalue weighted by Crippen LogP contribution is -2.12. The predicted octanol–water partition coefficient (Wildman–Crippen LogP) is 2.36. The molecule has 0 amide bonds. The number of aryl methyl sites for hydroxylation is 1. The van der Waals surface area contributed by atoms with Crippen molar-refractivity contribution in [1.29, 1.82) is 0 Å². The second-order valence-electron chi connectivity index (χ2n) is 4.98. The third kappa shape index (κ3) is 2.04. The predicted molar refractivity (Wildman–Crippen MR) is 68.1 cm³/mol. The van der Waals surface area contributed by atoms with E-state index in [-0.39, 0.29) is 6.04 Å². The van der Waals surface area contributed by atoms with Gasteiger partial charge < -0.3 is 10.2 Å². The molecule has 94 valence electrons. The summed E-state index contributed by atoms with van der Waals surface area (Å²) in [5.41, 5.74) is 8.58. The molecule has 0 aliphatic heterocycles. The average Bonchev–Trinajstić information content (AvgIpc) is 2.88. The fraction of sp³-hybridized carbons (Fsp3) is 0.429. The molecule has 0 saturated carbocycles. The van der Waals surface area contributed by atoms with Crippen LogP contribution in [-0.2, 0) is 12.8 Å². The highest BCUT2D eigenvalue weighted by molar-refractivity contribution is 5.31. The monoisotopic (exact) mass is 243 g/mol. The molecule has 1 aliphatic carbocycles. The number of hydrogen-bond acceptors (Lipinski definition) is 4. The number of fused-ring (bicyclic) bond motifs is 1. The smallest absolute Gasteiger partial charge is 0.232 e. The summed E-state index contributed by atoms with van der Waals surface area (Å²) in [7, 11) is 0. The summed E-state index contributed by atoms with van der Waals surface area (Å²) in [5.74, 6) is 1.60. The van der Waals surface area contributed by atoms with Crippen LogP contribution in [0.2, 0.25) is 0 Å². The lowest BCUT2D eigenvalue weighted by atomic mass is 9.84. The summed E-state index contributed by atoms with van der Waals surface area (Å²) in [6.07, 6.45) is 3.13. The molecule has 1 aromatic heterocycles. The third-order valence-corrected chi connectivity index (χ3v) is 3.54. The molecule has 0 spiro atoms. The molecule has 18 heavy (non-hydrogen) atoms. The first-order valence-electron chi connectivity index (χ1n) is 6.39. The summed E-state index contributed by atoms with van der Waals surface area (Å²) in [4.78, 5) is 0. The maximum Gasteiger partial charge on any atom is 0.232 e. The van der Waals surface area contributed by atoms with Gasteiger partial charge in [0.15, 0.2) is 0 Å². The van der Waals surface area contributed by atoms with Crippen molar-refractivity contribution < 1.29 is 4.42 Å². The van der Waals surface area contributed by atoms with Crippen LogP contribution in [0.25, 0.3) is 0 Å². The van der Waals surface area contributed by atoms with Gasteiger partial charge in [-0.15, -0.1) is 10.2 Å². The van der Waals surface area contributed by atoms with Gasteiger partial charge in [-0.3, -0.25) is 0 Å². The van der Waals surface area contributed by atoms with Gasteiger partial charge in [0.25, 0.3) is 0 Å². The van der Waals surface area contributed by atoms with Crippen molar-refractivity contribution in [3.05, 3.63) is 47.2 Å². The van der Waals surface area contributed by atoms with Gasteiger partial charge in [0.1, 0.15) is 0 Å². The van der Waals surface area contributed by atoms with Crippen molar-refractivity contribution in [2.75, 3.05) is 0 Å². The number of aromatic nitrogens is 2. The lowest BCUT2D eigenvalue weighted by molar-refractivity contribution is 0.382. The minimum absolute atomic E-state index is 0.192. The highest BCUT2D eigenvalue weighted by atomic mass is 16.4. The van der Waals surface area contributed by atoms with E-state index in [1.165, 1.54) is 11.1 Å². The number of rotatable bonds is 2. The topological polar surface area (TPSA) is 64.9 Å². The van der Waals surface area contributed by atoms with Crippen LogP contribution in [0.3, 0.4) is 0 Å². The largest absolute Gasteiger partial charge is 0.423 e. The Morgan fingerprint density at radius 3 is 2.78 bits per heavy atom. The van der Waals surface area contributed by atoms with Gasteiger partial charge in [0.05, 0.1) is 6.04 Å². The number of nitrogens with zero attached hydrogens (tertiary/aromatic N) is 2. The molecule has 1 heterocycles. The molecule has 2 unspecified atom stereocenters. The van der Waals surface area contributed by atoms with Crippen molar-refractivity contribution in [3.8, 4) is 0 Å². The Balaban J connectivity index is 1.83. The fourth-order valence-electron chi connectivity index (χ4n) is 2.50. The first-order valence-corrected chi connectivity index (χ1v) is 6.39. The zero-order valence-electron chi connectivity index (χ0n) is 10.5. The lowest BCUT2D eigenvalue weighted by Gasteiger charge is -2.21. The first-order chi connectivity index (χ1) is 8.74. The first kappa shape index (κ1) is 11.4. The highest BCUT2D eigenvalue weighted by Gasteiger charge is 2.24. The van der Waals surface area contributed by atoms with Gasteiger partial charge in [-0.2, -0.15) is 0 Å². The minimum Gasteiger partial charge on any atom is -0.423 e. The molecule has 2 aromatic rings. The quantitative estimate of drug-likeness (QED) is 0.879. The second kappa shape index (κ2) is 4.53. The normalized spacial score (nSPS) is 20.4. The molecule has 4 heteroatoms. The van der Waals surface area contributed by atoms with Crippen LogP contribution in [0, 0.1) is 0 Å². The van der Waals surface area contributed by atoms with Crippen molar-refractivity contribution in [2.24, 2.45) is 5.73 Å². The number of benzene rings is 1. The maximum absolute atomic E-state index is 5.74. The zero-order chi connectivity index (χ0) is 12.5. The van der Waals surface area contributed by atoms with Crippen LogP contribution in [0.4, 0.5) is 0 Å². The van der Waals surface area contributed by atoms with E-state index in [4.69, 9.17) is 10.2 Å². The van der Waals surface area contributed by atoms with Gasteiger partial charge in [0, 0.05) is 5.92 Å². The summed E-state index contributed by atoms with van der Waals surface area (Å²) in [5, 5.41) is 8.14. The molecule has 0 fully saturated rings. The molecule has 3 rings (SSSR count). The Hall–Kier alpha value is -1.68. The molecule has 1 aliphatic rings. The van der Waals surface area contributed by atoms with Crippen molar-refractivity contribution in [1.82, 2.24) is 10.2 Å². The van der Waals surface area contributed by atoms with E-state index in [1.54, 1.807) is 0 Å². The van der Waals surface area contributed by atoms with E-state index in [2.05, 4.69) is 34.5 Å². The number of hydrogen-bond donors (Lipinski definition) is 1. The van der Waals surface area contributed by atoms with E-state index >= 15 is 0 Å². The Morgan fingerprint density at radius 2 is 2.06 bits per heavy atom. The van der Waals surface area contributed by atoms with E-state index < -0.39 is 0 Å². The zero-order valence-corrected chi connectivity index (χ0v) is 10.5. The van der Waals surface area contributed by atoms with Gasteiger partial charge >= 0.3 is 0 Å². The summed E-state index contributed by atoms with van der Waals surface area (Å²) >= 11 is 0. The number of nitrogens with two attached hydrogens (primary N) is 1. The molecule has 1 aromatic carbocycles. The van der Waals surface area contributed by atoms with Gasteiger partial charge in [-0.25, -0.2) is 0 Å². The molecule has 0 radical (unpaired) electrons. The molecular weight excluding hydrogens is 226 g/mol. The summed E-state index contributed by atoms with van der Waals surface area (Å²) in [6, 6.07) is 8.38. The fourth-order valence-corrected chi connectivity index (χ4v) is 2.50. The van der Waals surface area contributed by atoms with E-state index in [9.17, 15) is 0 Å². The van der Waals surface area contributed by atoms with E-state index in [0.717, 1.165) is 25.2 Å². The van der Waals surface area contributed by atoms with Crippen LogP contribution in [0.5, 0.6) is 0 Å². The standard InChI is InChI=1S/C14H17N3O/c1-9(15)13-16-17-14(18-13)12-7-6-10-4-2-3-5-11(10)8-12/h2-5,9,12H,6-8,15H2,1H3. The Labute approximate surface area is 106 Å². The van der Waals surface area contributed by atoms with Crippen molar-refractivity contribution in [2.45, 2.75) is 38.1 Å². The third-order valence-electron chi connectivity index (χ3n) is 3.54. The minimum atomic E-state index is -0.192. The molecule has 0 saturated heterocycles. The van der Waals surface area contributed by atoms with Crippen LogP contribution in [0.15, 0.2) is 28.7 Å². The van der Waals surface area contributed by atoms with Crippen LogP contribution < -0.4 is 5.73 Å². The SMILES string of the molecule is CC(N)c1nnc(C2CCc3ccccc3C2)o1. The molecular formula is C14H17N3O.